The lowest BCUT2D eigenvalue weighted by Gasteiger charge is -2.23. The first-order valence-electron chi connectivity index (χ1n) is 10.8. The molecule has 0 saturated carbocycles. The molecular weight excluding hydrogens is 476 g/mol. The van der Waals surface area contributed by atoms with E-state index in [1.54, 1.807) is 29.2 Å². The monoisotopic (exact) mass is 502 g/mol. The number of imide groups is 1. The quantitative estimate of drug-likeness (QED) is 0.415. The van der Waals surface area contributed by atoms with E-state index in [-0.39, 0.29) is 24.9 Å². The van der Waals surface area contributed by atoms with Crippen LogP contribution in [-0.4, -0.2) is 72.8 Å². The Kier molecular flexibility index (Phi) is 8.24. The van der Waals surface area contributed by atoms with E-state index < -0.39 is 11.8 Å². The first-order valence-corrected chi connectivity index (χ1v) is 11.6. The van der Waals surface area contributed by atoms with Crippen LogP contribution in [0, 0.1) is 0 Å². The third-order valence-electron chi connectivity index (χ3n) is 5.35. The fourth-order valence-electron chi connectivity index (χ4n) is 3.74. The SMILES string of the molecule is CCOc1ccc2nc(N(CCCN(C)C)C(=O)CN3C(=O)c4ccccc4C3=O)sc2c1.Cl. The Bertz CT molecular complexity index is 1180. The maximum atomic E-state index is 13.4. The third-order valence-corrected chi connectivity index (χ3v) is 6.39. The molecule has 1 aliphatic rings. The average molecular weight is 503 g/mol. The second kappa shape index (κ2) is 10.9. The average Bonchev–Trinajstić information content (AvgIpc) is 3.31. The van der Waals surface area contributed by atoms with E-state index in [0.717, 1.165) is 33.8 Å². The van der Waals surface area contributed by atoms with Crippen molar-refractivity contribution in [2.75, 3.05) is 45.2 Å². The largest absolute Gasteiger partial charge is 0.494 e. The van der Waals surface area contributed by atoms with Crippen molar-refractivity contribution in [2.24, 2.45) is 0 Å². The third kappa shape index (κ3) is 5.22. The maximum Gasteiger partial charge on any atom is 0.262 e. The summed E-state index contributed by atoms with van der Waals surface area (Å²) in [5, 5.41) is 0.541. The molecule has 0 aliphatic carbocycles. The first kappa shape index (κ1) is 25.6. The molecular formula is C24H27ClN4O4S. The highest BCUT2D eigenvalue weighted by Crippen LogP contribution is 2.32. The highest BCUT2D eigenvalue weighted by Gasteiger charge is 2.37. The number of aromatic nitrogens is 1. The molecule has 1 aromatic heterocycles. The van der Waals surface area contributed by atoms with Crippen LogP contribution in [0.4, 0.5) is 5.13 Å². The summed E-state index contributed by atoms with van der Waals surface area (Å²) in [6.07, 6.45) is 0.723. The number of halogens is 1. The van der Waals surface area contributed by atoms with E-state index in [1.165, 1.54) is 11.3 Å². The second-order valence-electron chi connectivity index (χ2n) is 8.00. The number of amides is 3. The summed E-state index contributed by atoms with van der Waals surface area (Å²) in [4.78, 5) is 48.2. The minimum Gasteiger partial charge on any atom is -0.494 e. The summed E-state index contributed by atoms with van der Waals surface area (Å²) >= 11 is 1.39. The van der Waals surface area contributed by atoms with Crippen LogP contribution in [0.25, 0.3) is 10.2 Å². The van der Waals surface area contributed by atoms with Gasteiger partial charge in [0.05, 0.1) is 28.0 Å². The Hall–Kier alpha value is -3.01. The summed E-state index contributed by atoms with van der Waals surface area (Å²) in [5.41, 5.74) is 1.43. The van der Waals surface area contributed by atoms with Crippen LogP contribution in [-0.2, 0) is 4.79 Å². The van der Waals surface area contributed by atoms with Gasteiger partial charge in [-0.3, -0.25) is 24.2 Å². The summed E-state index contributed by atoms with van der Waals surface area (Å²) in [5.74, 6) is -0.477. The van der Waals surface area contributed by atoms with Gasteiger partial charge >= 0.3 is 0 Å². The van der Waals surface area contributed by atoms with Gasteiger partial charge in [0.15, 0.2) is 5.13 Å². The molecule has 1 aliphatic heterocycles. The first-order chi connectivity index (χ1) is 15.9. The number of rotatable bonds is 9. The molecule has 2 aromatic carbocycles. The molecule has 0 atom stereocenters. The van der Waals surface area contributed by atoms with Crippen LogP contribution >= 0.6 is 23.7 Å². The zero-order chi connectivity index (χ0) is 23.5. The Morgan fingerprint density at radius 3 is 2.35 bits per heavy atom. The number of hydrogen-bond acceptors (Lipinski definition) is 7. The number of carbonyl (C=O) groups is 3. The number of thiazole rings is 1. The van der Waals surface area contributed by atoms with E-state index in [0.29, 0.717) is 29.4 Å². The van der Waals surface area contributed by atoms with Crippen molar-refractivity contribution < 1.29 is 19.1 Å². The van der Waals surface area contributed by atoms with E-state index in [2.05, 4.69) is 4.98 Å². The predicted octanol–water partition coefficient (Wildman–Crippen LogP) is 3.70. The van der Waals surface area contributed by atoms with Gasteiger partial charge in [0.2, 0.25) is 5.91 Å². The van der Waals surface area contributed by atoms with Gasteiger partial charge in [0, 0.05) is 6.54 Å². The van der Waals surface area contributed by atoms with Gasteiger partial charge in [0.25, 0.3) is 11.8 Å². The number of ether oxygens (including phenoxy) is 1. The molecule has 34 heavy (non-hydrogen) atoms. The van der Waals surface area contributed by atoms with Crippen LogP contribution in [0.15, 0.2) is 42.5 Å². The number of nitrogens with zero attached hydrogens (tertiary/aromatic N) is 4. The van der Waals surface area contributed by atoms with Gasteiger partial charge in [-0.05, 0) is 64.3 Å². The Labute approximate surface area is 208 Å². The number of fused-ring (bicyclic) bond motifs is 2. The van der Waals surface area contributed by atoms with Crippen molar-refractivity contribution in [3.63, 3.8) is 0 Å². The molecule has 2 heterocycles. The van der Waals surface area contributed by atoms with E-state index in [1.807, 2.05) is 44.1 Å². The van der Waals surface area contributed by atoms with Crippen LogP contribution in [0.3, 0.4) is 0 Å². The molecule has 180 valence electrons. The molecule has 0 fully saturated rings. The van der Waals surface area contributed by atoms with E-state index >= 15 is 0 Å². The molecule has 0 N–H and O–H groups in total. The standard InChI is InChI=1S/C24H26N4O4S.ClH/c1-4-32-16-10-11-19-20(14-16)33-24(25-19)27(13-7-12-26(2)3)21(29)15-28-22(30)17-8-5-6-9-18(17)23(28)31;/h5-6,8-11,14H,4,7,12-13,15H2,1-3H3;1H. The summed E-state index contributed by atoms with van der Waals surface area (Å²) in [7, 11) is 3.94. The Morgan fingerprint density at radius 2 is 1.74 bits per heavy atom. The van der Waals surface area contributed by atoms with Crippen molar-refractivity contribution in [1.82, 2.24) is 14.8 Å². The molecule has 3 amide bonds. The van der Waals surface area contributed by atoms with Gasteiger partial charge < -0.3 is 9.64 Å². The molecule has 0 radical (unpaired) electrons. The maximum absolute atomic E-state index is 13.4. The summed E-state index contributed by atoms with van der Waals surface area (Å²) in [6, 6.07) is 12.3. The van der Waals surface area contributed by atoms with Crippen LogP contribution in [0.2, 0.25) is 0 Å². The molecule has 4 rings (SSSR count). The zero-order valence-corrected chi connectivity index (χ0v) is 20.9. The molecule has 3 aromatic rings. The molecule has 8 nitrogen and oxygen atoms in total. The number of hydrogen-bond donors (Lipinski definition) is 0. The van der Waals surface area contributed by atoms with Crippen LogP contribution in [0.1, 0.15) is 34.1 Å². The lowest BCUT2D eigenvalue weighted by molar-refractivity contribution is -0.119. The number of anilines is 1. The van der Waals surface area contributed by atoms with Crippen molar-refractivity contribution in [3.05, 3.63) is 53.6 Å². The van der Waals surface area contributed by atoms with E-state index in [9.17, 15) is 14.4 Å². The minimum absolute atomic E-state index is 0. The summed E-state index contributed by atoms with van der Waals surface area (Å²) < 4.78 is 6.48. The molecule has 0 bridgehead atoms. The van der Waals surface area contributed by atoms with Gasteiger partial charge in [-0.15, -0.1) is 12.4 Å². The van der Waals surface area contributed by atoms with Crippen molar-refractivity contribution >= 4 is 56.8 Å². The predicted molar refractivity (Wildman–Crippen MR) is 135 cm³/mol. The zero-order valence-electron chi connectivity index (χ0n) is 19.3. The fourth-order valence-corrected chi connectivity index (χ4v) is 4.78. The molecule has 0 unspecified atom stereocenters. The van der Waals surface area contributed by atoms with Gasteiger partial charge in [-0.25, -0.2) is 4.98 Å². The van der Waals surface area contributed by atoms with Gasteiger partial charge in [0.1, 0.15) is 12.3 Å². The highest BCUT2D eigenvalue weighted by molar-refractivity contribution is 7.22. The molecule has 0 saturated heterocycles. The lowest BCUT2D eigenvalue weighted by atomic mass is 10.1. The van der Waals surface area contributed by atoms with Crippen LogP contribution < -0.4 is 9.64 Å². The Balaban J connectivity index is 0.00000324. The lowest BCUT2D eigenvalue weighted by Crippen LogP contribution is -2.43. The number of carbonyl (C=O) groups excluding carboxylic acids is 3. The van der Waals surface area contributed by atoms with Crippen molar-refractivity contribution in [2.45, 2.75) is 13.3 Å². The number of benzene rings is 2. The second-order valence-corrected chi connectivity index (χ2v) is 9.01. The van der Waals surface area contributed by atoms with E-state index in [4.69, 9.17) is 4.74 Å². The summed E-state index contributed by atoms with van der Waals surface area (Å²) in [6.45, 7) is 3.38. The fraction of sp³-hybridized carbons (Fsp3) is 0.333. The van der Waals surface area contributed by atoms with Gasteiger partial charge in [-0.2, -0.15) is 0 Å². The highest BCUT2D eigenvalue weighted by atomic mass is 35.5. The normalized spacial score (nSPS) is 12.8. The molecule has 0 spiro atoms. The topological polar surface area (TPSA) is 83.1 Å². The van der Waals surface area contributed by atoms with Crippen LogP contribution in [0.5, 0.6) is 5.75 Å². The molecule has 10 heteroatoms. The smallest absolute Gasteiger partial charge is 0.262 e. The van der Waals surface area contributed by atoms with Gasteiger partial charge in [-0.1, -0.05) is 23.5 Å². The van der Waals surface area contributed by atoms with Crippen molar-refractivity contribution in [1.29, 1.82) is 0 Å². The minimum atomic E-state index is -0.442. The van der Waals surface area contributed by atoms with Crippen molar-refractivity contribution in [3.8, 4) is 5.75 Å². The Morgan fingerprint density at radius 1 is 1.06 bits per heavy atom.